The average Bonchev–Trinajstić information content (AvgIpc) is 1.98. The van der Waals surface area contributed by atoms with Crippen molar-refractivity contribution >= 4 is 12.2 Å². The molecule has 11 heavy (non-hydrogen) atoms. The molecule has 0 aliphatic heterocycles. The number of rotatable bonds is 3. The number of carbonyl (C=O) groups excluding carboxylic acids is 1. The topological polar surface area (TPSA) is 67.5 Å². The molecule has 0 bridgehead atoms. The van der Waals surface area contributed by atoms with Crippen LogP contribution >= 0.6 is 0 Å². The quantitative estimate of drug-likeness (QED) is 0.463. The first kappa shape index (κ1) is 9.68. The Kier molecular flexibility index (Phi) is 4.81. The summed E-state index contributed by atoms with van der Waals surface area (Å²) in [5.41, 5.74) is 7.94. The molecule has 0 aromatic rings. The smallest absolute Gasteiger partial charge is 0.332 e. The van der Waals surface area contributed by atoms with Gasteiger partial charge < -0.3 is 5.73 Å². The van der Waals surface area contributed by atoms with Crippen LogP contribution in [0.1, 0.15) is 20.3 Å². The van der Waals surface area contributed by atoms with E-state index in [0.29, 0.717) is 0 Å². The van der Waals surface area contributed by atoms with Crippen LogP contribution in [0.25, 0.3) is 0 Å². The van der Waals surface area contributed by atoms with Gasteiger partial charge in [-0.25, -0.2) is 10.2 Å². The second-order valence-corrected chi connectivity index (χ2v) is 1.95. The Morgan fingerprint density at radius 3 is 2.73 bits per heavy atom. The van der Waals surface area contributed by atoms with E-state index in [1.807, 2.05) is 19.9 Å². The summed E-state index contributed by atoms with van der Waals surface area (Å²) in [5.74, 6) is 0. The summed E-state index contributed by atoms with van der Waals surface area (Å²) in [5, 5.41) is 3.60. The fourth-order valence-electron chi connectivity index (χ4n) is 0.549. The monoisotopic (exact) mass is 155 g/mol. The van der Waals surface area contributed by atoms with Crippen molar-refractivity contribution in [3.63, 3.8) is 0 Å². The van der Waals surface area contributed by atoms with Crippen LogP contribution < -0.4 is 11.2 Å². The predicted octanol–water partition coefficient (Wildman–Crippen LogP) is 0.997. The van der Waals surface area contributed by atoms with Gasteiger partial charge in [-0.15, -0.1) is 0 Å². The fourth-order valence-corrected chi connectivity index (χ4v) is 0.549. The highest BCUT2D eigenvalue weighted by molar-refractivity contribution is 5.80. The minimum absolute atomic E-state index is 0.646. The average molecular weight is 155 g/mol. The van der Waals surface area contributed by atoms with E-state index in [-0.39, 0.29) is 0 Å². The maximum absolute atomic E-state index is 10.1. The van der Waals surface area contributed by atoms with Crippen LogP contribution in [0.4, 0.5) is 4.79 Å². The van der Waals surface area contributed by atoms with Crippen molar-refractivity contribution in [2.45, 2.75) is 20.3 Å². The molecule has 0 rings (SSSR count). The molecule has 2 amide bonds. The third-order valence-electron chi connectivity index (χ3n) is 1.18. The molecule has 0 heterocycles. The van der Waals surface area contributed by atoms with Crippen molar-refractivity contribution in [3.8, 4) is 0 Å². The molecule has 0 unspecified atom stereocenters. The lowest BCUT2D eigenvalue weighted by Gasteiger charge is -1.93. The molecular formula is C7H13N3O. The number of hydrogen-bond donors (Lipinski definition) is 2. The SMILES string of the molecule is C/C=C(\C=N\NC(N)=O)CC. The van der Waals surface area contributed by atoms with Crippen LogP contribution in [0.3, 0.4) is 0 Å². The second kappa shape index (κ2) is 5.46. The zero-order chi connectivity index (χ0) is 8.69. The first-order valence-corrected chi connectivity index (χ1v) is 3.44. The van der Waals surface area contributed by atoms with E-state index in [4.69, 9.17) is 5.73 Å². The molecule has 0 aromatic heterocycles. The lowest BCUT2D eigenvalue weighted by atomic mass is 10.2. The van der Waals surface area contributed by atoms with Crippen molar-refractivity contribution < 1.29 is 4.79 Å². The molecule has 0 radical (unpaired) electrons. The van der Waals surface area contributed by atoms with Gasteiger partial charge in [0.25, 0.3) is 0 Å². The molecule has 0 aliphatic carbocycles. The Balaban J connectivity index is 3.81. The molecule has 4 heteroatoms. The summed E-state index contributed by atoms with van der Waals surface area (Å²) in [6.07, 6.45) is 4.39. The fraction of sp³-hybridized carbons (Fsp3) is 0.429. The highest BCUT2D eigenvalue weighted by Gasteiger charge is 1.86. The molecule has 0 aromatic carbocycles. The highest BCUT2D eigenvalue weighted by Crippen LogP contribution is 1.94. The predicted molar refractivity (Wildman–Crippen MR) is 45.3 cm³/mol. The number of nitrogens with zero attached hydrogens (tertiary/aromatic N) is 1. The van der Waals surface area contributed by atoms with Crippen LogP contribution in [-0.4, -0.2) is 12.2 Å². The molecular weight excluding hydrogens is 142 g/mol. The summed E-state index contributed by atoms with van der Waals surface area (Å²) in [4.78, 5) is 10.1. The minimum atomic E-state index is -0.646. The van der Waals surface area contributed by atoms with Gasteiger partial charge in [0, 0.05) is 0 Å². The Labute approximate surface area is 66.2 Å². The number of hydrogen-bond acceptors (Lipinski definition) is 2. The van der Waals surface area contributed by atoms with Crippen molar-refractivity contribution in [2.75, 3.05) is 0 Å². The lowest BCUT2D eigenvalue weighted by molar-refractivity contribution is 0.249. The number of urea groups is 1. The first-order chi connectivity index (χ1) is 5.20. The van der Waals surface area contributed by atoms with E-state index < -0.39 is 6.03 Å². The largest absolute Gasteiger partial charge is 0.350 e. The van der Waals surface area contributed by atoms with E-state index >= 15 is 0 Å². The van der Waals surface area contributed by atoms with Crippen LogP contribution in [0.5, 0.6) is 0 Å². The number of nitrogens with two attached hydrogens (primary N) is 1. The third kappa shape index (κ3) is 5.14. The molecule has 0 fully saturated rings. The van der Waals surface area contributed by atoms with Gasteiger partial charge in [-0.3, -0.25) is 0 Å². The summed E-state index contributed by atoms with van der Waals surface area (Å²) in [6.45, 7) is 3.92. The third-order valence-corrected chi connectivity index (χ3v) is 1.18. The molecule has 62 valence electrons. The van der Waals surface area contributed by atoms with Gasteiger partial charge in [0.2, 0.25) is 0 Å². The molecule has 0 aliphatic rings. The summed E-state index contributed by atoms with van der Waals surface area (Å²) >= 11 is 0. The molecule has 0 spiro atoms. The zero-order valence-electron chi connectivity index (χ0n) is 6.79. The Morgan fingerprint density at radius 2 is 2.36 bits per heavy atom. The highest BCUT2D eigenvalue weighted by atomic mass is 16.2. The van der Waals surface area contributed by atoms with E-state index in [0.717, 1.165) is 12.0 Å². The van der Waals surface area contributed by atoms with Crippen molar-refractivity contribution in [2.24, 2.45) is 10.8 Å². The van der Waals surface area contributed by atoms with E-state index in [1.165, 1.54) is 0 Å². The van der Waals surface area contributed by atoms with Gasteiger partial charge in [-0.05, 0) is 18.9 Å². The Morgan fingerprint density at radius 1 is 1.73 bits per heavy atom. The van der Waals surface area contributed by atoms with Gasteiger partial charge in [-0.2, -0.15) is 5.10 Å². The van der Waals surface area contributed by atoms with Gasteiger partial charge in [0.15, 0.2) is 0 Å². The van der Waals surface area contributed by atoms with E-state index in [2.05, 4.69) is 10.5 Å². The maximum atomic E-state index is 10.1. The molecule has 0 atom stereocenters. The van der Waals surface area contributed by atoms with Gasteiger partial charge in [-0.1, -0.05) is 13.0 Å². The second-order valence-electron chi connectivity index (χ2n) is 1.95. The van der Waals surface area contributed by atoms with Crippen molar-refractivity contribution in [1.29, 1.82) is 0 Å². The van der Waals surface area contributed by atoms with Gasteiger partial charge in [0.1, 0.15) is 0 Å². The molecule has 0 saturated heterocycles. The summed E-state index contributed by atoms with van der Waals surface area (Å²) in [7, 11) is 0. The maximum Gasteiger partial charge on any atom is 0.332 e. The molecule has 3 N–H and O–H groups in total. The van der Waals surface area contributed by atoms with Crippen LogP contribution in [0, 0.1) is 0 Å². The van der Waals surface area contributed by atoms with Crippen molar-refractivity contribution in [1.82, 2.24) is 5.43 Å². The standard InChI is InChI=1S/C7H13N3O/c1-3-6(4-2)5-9-10-7(8)11/h3,5H,4H2,1-2H3,(H3,8,10,11)/b6-3-,9-5+. The zero-order valence-corrected chi connectivity index (χ0v) is 6.79. The number of carbonyl (C=O) groups is 1. The molecule has 4 nitrogen and oxygen atoms in total. The van der Waals surface area contributed by atoms with E-state index in [1.54, 1.807) is 6.21 Å². The van der Waals surface area contributed by atoms with E-state index in [9.17, 15) is 4.79 Å². The minimum Gasteiger partial charge on any atom is -0.350 e. The van der Waals surface area contributed by atoms with Gasteiger partial charge in [0.05, 0.1) is 6.21 Å². The first-order valence-electron chi connectivity index (χ1n) is 3.44. The summed E-state index contributed by atoms with van der Waals surface area (Å²) < 4.78 is 0. The Hall–Kier alpha value is -1.32. The van der Waals surface area contributed by atoms with Crippen LogP contribution in [0.2, 0.25) is 0 Å². The number of hydrazone groups is 1. The van der Waals surface area contributed by atoms with Crippen LogP contribution in [0.15, 0.2) is 16.8 Å². The number of allylic oxidation sites excluding steroid dienone is 2. The number of nitrogens with one attached hydrogen (secondary N) is 1. The van der Waals surface area contributed by atoms with Crippen molar-refractivity contribution in [3.05, 3.63) is 11.6 Å². The van der Waals surface area contributed by atoms with Gasteiger partial charge >= 0.3 is 6.03 Å². The lowest BCUT2D eigenvalue weighted by Crippen LogP contribution is -2.24. The normalized spacial score (nSPS) is 12.0. The number of amides is 2. The number of primary amides is 1. The van der Waals surface area contributed by atoms with Crippen LogP contribution in [-0.2, 0) is 0 Å². The molecule has 0 saturated carbocycles. The Bertz CT molecular complexity index is 184. The summed E-state index contributed by atoms with van der Waals surface area (Å²) in [6, 6.07) is -0.646.